The van der Waals surface area contributed by atoms with Gasteiger partial charge in [-0.25, -0.2) is 9.97 Å². The van der Waals surface area contributed by atoms with Crippen molar-refractivity contribution in [3.63, 3.8) is 0 Å². The Morgan fingerprint density at radius 3 is 2.60 bits per heavy atom. The zero-order chi connectivity index (χ0) is 17.6. The maximum Gasteiger partial charge on any atom is 0.274 e. The lowest BCUT2D eigenvalue weighted by Crippen LogP contribution is -2.16. The van der Waals surface area contributed by atoms with Gasteiger partial charge in [0.15, 0.2) is 0 Å². The second-order valence-corrected chi connectivity index (χ2v) is 5.75. The highest BCUT2D eigenvalue weighted by atomic mass is 16.1. The number of amides is 1. The Morgan fingerprint density at radius 2 is 1.84 bits per heavy atom. The van der Waals surface area contributed by atoms with E-state index in [2.05, 4.69) is 25.6 Å². The number of carbonyl (C=O) groups excluding carboxylic acids is 1. The molecule has 0 aliphatic rings. The molecule has 0 aliphatic heterocycles. The van der Waals surface area contributed by atoms with Crippen molar-refractivity contribution in [3.8, 4) is 0 Å². The fourth-order valence-corrected chi connectivity index (χ4v) is 2.36. The number of hydrogen-bond donors (Lipinski definition) is 2. The minimum absolute atomic E-state index is 0.261. The minimum Gasteiger partial charge on any atom is -0.350 e. The second kappa shape index (κ2) is 7.53. The summed E-state index contributed by atoms with van der Waals surface area (Å²) >= 11 is 0. The summed E-state index contributed by atoms with van der Waals surface area (Å²) in [4.78, 5) is 25.1. The van der Waals surface area contributed by atoms with Gasteiger partial charge in [0.25, 0.3) is 5.91 Å². The first-order valence-electron chi connectivity index (χ1n) is 7.96. The lowest BCUT2D eigenvalue weighted by Gasteiger charge is -2.09. The standard InChI is InChI=1S/C19H19N5O/c1-13-4-3-5-16(10-13)23-18(25)17-11-14(2)22-19(24-17)21-12-15-6-8-20-9-7-15/h3-11H,12H2,1-2H3,(H,23,25)(H,21,22,24). The summed E-state index contributed by atoms with van der Waals surface area (Å²) in [5.41, 5.74) is 3.93. The van der Waals surface area contributed by atoms with Gasteiger partial charge in [-0.2, -0.15) is 0 Å². The highest BCUT2D eigenvalue weighted by Crippen LogP contribution is 2.12. The Balaban J connectivity index is 1.73. The van der Waals surface area contributed by atoms with E-state index in [1.807, 2.05) is 50.2 Å². The Hall–Kier alpha value is -3.28. The molecule has 6 nitrogen and oxygen atoms in total. The number of nitrogens with one attached hydrogen (secondary N) is 2. The molecule has 0 bridgehead atoms. The Bertz CT molecular complexity index is 880. The molecule has 0 fully saturated rings. The highest BCUT2D eigenvalue weighted by Gasteiger charge is 2.11. The van der Waals surface area contributed by atoms with Crippen molar-refractivity contribution in [2.24, 2.45) is 0 Å². The maximum absolute atomic E-state index is 12.5. The molecule has 2 N–H and O–H groups in total. The molecule has 126 valence electrons. The average molecular weight is 333 g/mol. The molecule has 0 saturated heterocycles. The summed E-state index contributed by atoms with van der Waals surface area (Å²) in [5.74, 6) is 0.161. The Labute approximate surface area is 146 Å². The number of rotatable bonds is 5. The molecule has 1 aromatic carbocycles. The molecule has 0 atom stereocenters. The van der Waals surface area contributed by atoms with E-state index in [9.17, 15) is 4.79 Å². The summed E-state index contributed by atoms with van der Waals surface area (Å²) in [6.45, 7) is 4.37. The minimum atomic E-state index is -0.261. The number of carbonyl (C=O) groups is 1. The van der Waals surface area contributed by atoms with Crippen LogP contribution in [-0.2, 0) is 6.54 Å². The monoisotopic (exact) mass is 333 g/mol. The number of nitrogens with zero attached hydrogens (tertiary/aromatic N) is 3. The summed E-state index contributed by atoms with van der Waals surface area (Å²) < 4.78 is 0. The molecule has 0 radical (unpaired) electrons. The van der Waals surface area contributed by atoms with Crippen molar-refractivity contribution in [1.82, 2.24) is 15.0 Å². The predicted molar refractivity (Wildman–Crippen MR) is 97.5 cm³/mol. The molecule has 6 heteroatoms. The van der Waals surface area contributed by atoms with Crippen LogP contribution in [0.4, 0.5) is 11.6 Å². The van der Waals surface area contributed by atoms with Gasteiger partial charge in [-0.3, -0.25) is 9.78 Å². The molecule has 0 aliphatic carbocycles. The van der Waals surface area contributed by atoms with E-state index in [4.69, 9.17) is 0 Å². The van der Waals surface area contributed by atoms with Gasteiger partial charge in [-0.05, 0) is 55.3 Å². The SMILES string of the molecule is Cc1cccc(NC(=O)c2cc(C)nc(NCc3ccncc3)n2)c1. The largest absolute Gasteiger partial charge is 0.350 e. The zero-order valence-electron chi connectivity index (χ0n) is 14.2. The zero-order valence-corrected chi connectivity index (χ0v) is 14.2. The van der Waals surface area contributed by atoms with Gasteiger partial charge in [0.05, 0.1) is 0 Å². The normalized spacial score (nSPS) is 10.3. The van der Waals surface area contributed by atoms with Crippen molar-refractivity contribution < 1.29 is 4.79 Å². The van der Waals surface area contributed by atoms with Crippen LogP contribution in [0.2, 0.25) is 0 Å². The quantitative estimate of drug-likeness (QED) is 0.748. The predicted octanol–water partition coefficient (Wildman–Crippen LogP) is 3.35. The molecule has 25 heavy (non-hydrogen) atoms. The number of pyridine rings is 1. The molecule has 2 aromatic heterocycles. The Kier molecular flexibility index (Phi) is 4.99. The third-order valence-electron chi connectivity index (χ3n) is 3.56. The van der Waals surface area contributed by atoms with Crippen LogP contribution in [0.15, 0.2) is 54.9 Å². The van der Waals surface area contributed by atoms with Crippen molar-refractivity contribution in [1.29, 1.82) is 0 Å². The second-order valence-electron chi connectivity index (χ2n) is 5.75. The number of aryl methyl sites for hydroxylation is 2. The summed E-state index contributed by atoms with van der Waals surface area (Å²) in [6, 6.07) is 13.1. The van der Waals surface area contributed by atoms with E-state index in [1.54, 1.807) is 18.5 Å². The van der Waals surface area contributed by atoms with E-state index < -0.39 is 0 Å². The van der Waals surface area contributed by atoms with E-state index in [0.717, 1.165) is 22.5 Å². The molecule has 0 unspecified atom stereocenters. The van der Waals surface area contributed by atoms with Gasteiger partial charge in [-0.1, -0.05) is 12.1 Å². The topological polar surface area (TPSA) is 79.8 Å². The summed E-state index contributed by atoms with van der Waals surface area (Å²) in [7, 11) is 0. The van der Waals surface area contributed by atoms with E-state index in [-0.39, 0.29) is 5.91 Å². The van der Waals surface area contributed by atoms with Crippen LogP contribution in [0.5, 0.6) is 0 Å². The highest BCUT2D eigenvalue weighted by molar-refractivity contribution is 6.03. The molecule has 3 rings (SSSR count). The van der Waals surface area contributed by atoms with Crippen molar-refractivity contribution >= 4 is 17.5 Å². The fourth-order valence-electron chi connectivity index (χ4n) is 2.36. The number of anilines is 2. The summed E-state index contributed by atoms with van der Waals surface area (Å²) in [6.07, 6.45) is 3.46. The molecular formula is C19H19N5O. The first-order valence-corrected chi connectivity index (χ1v) is 7.96. The number of benzene rings is 1. The lowest BCUT2D eigenvalue weighted by molar-refractivity contribution is 0.102. The van der Waals surface area contributed by atoms with Crippen LogP contribution >= 0.6 is 0 Å². The molecular weight excluding hydrogens is 314 g/mol. The van der Waals surface area contributed by atoms with Crippen molar-refractivity contribution in [2.75, 3.05) is 10.6 Å². The molecule has 0 saturated carbocycles. The fraction of sp³-hybridized carbons (Fsp3) is 0.158. The lowest BCUT2D eigenvalue weighted by atomic mass is 10.2. The van der Waals surface area contributed by atoms with Crippen LogP contribution in [0.25, 0.3) is 0 Å². The van der Waals surface area contributed by atoms with Crippen LogP contribution in [0, 0.1) is 13.8 Å². The first-order chi connectivity index (χ1) is 12.1. The van der Waals surface area contributed by atoms with Gasteiger partial charge in [0.1, 0.15) is 5.69 Å². The van der Waals surface area contributed by atoms with E-state index >= 15 is 0 Å². The van der Waals surface area contributed by atoms with Crippen molar-refractivity contribution in [2.45, 2.75) is 20.4 Å². The van der Waals surface area contributed by atoms with Gasteiger partial charge >= 0.3 is 0 Å². The number of aromatic nitrogens is 3. The smallest absolute Gasteiger partial charge is 0.274 e. The average Bonchev–Trinajstić information content (AvgIpc) is 2.60. The van der Waals surface area contributed by atoms with E-state index in [0.29, 0.717) is 18.2 Å². The summed E-state index contributed by atoms with van der Waals surface area (Å²) in [5, 5.41) is 6.00. The number of hydrogen-bond acceptors (Lipinski definition) is 5. The molecule has 1 amide bonds. The maximum atomic E-state index is 12.5. The van der Waals surface area contributed by atoms with Crippen LogP contribution in [0.1, 0.15) is 27.3 Å². The third-order valence-corrected chi connectivity index (χ3v) is 3.56. The van der Waals surface area contributed by atoms with Crippen LogP contribution < -0.4 is 10.6 Å². The molecule has 2 heterocycles. The van der Waals surface area contributed by atoms with Crippen molar-refractivity contribution in [3.05, 3.63) is 77.4 Å². The van der Waals surface area contributed by atoms with Crippen LogP contribution in [-0.4, -0.2) is 20.9 Å². The van der Waals surface area contributed by atoms with Crippen LogP contribution in [0.3, 0.4) is 0 Å². The van der Waals surface area contributed by atoms with Gasteiger partial charge in [0.2, 0.25) is 5.95 Å². The Morgan fingerprint density at radius 1 is 1.04 bits per heavy atom. The third kappa shape index (κ3) is 4.60. The molecule has 0 spiro atoms. The van der Waals surface area contributed by atoms with Gasteiger partial charge < -0.3 is 10.6 Å². The van der Waals surface area contributed by atoms with Gasteiger partial charge in [-0.15, -0.1) is 0 Å². The van der Waals surface area contributed by atoms with E-state index in [1.165, 1.54) is 0 Å². The first kappa shape index (κ1) is 16.6. The van der Waals surface area contributed by atoms with Gasteiger partial charge in [0, 0.05) is 30.3 Å². The molecule has 3 aromatic rings.